The minimum absolute atomic E-state index is 0.192. The second kappa shape index (κ2) is 7.42. The monoisotopic (exact) mass is 400 g/mol. The summed E-state index contributed by atoms with van der Waals surface area (Å²) in [6, 6.07) is 14.0. The van der Waals surface area contributed by atoms with Crippen LogP contribution in [0.2, 0.25) is 0 Å². The van der Waals surface area contributed by atoms with E-state index in [0.717, 1.165) is 33.1 Å². The number of fused-ring (bicyclic) bond motifs is 1. The maximum atomic E-state index is 12.5. The van der Waals surface area contributed by atoms with Gasteiger partial charge in [0.2, 0.25) is 0 Å². The van der Waals surface area contributed by atoms with Gasteiger partial charge in [0.25, 0.3) is 5.91 Å². The zero-order valence-electron chi connectivity index (χ0n) is 14.6. The Morgan fingerprint density at radius 2 is 1.80 bits per heavy atom. The van der Waals surface area contributed by atoms with E-state index in [-0.39, 0.29) is 5.91 Å². The quantitative estimate of drug-likeness (QED) is 0.685. The van der Waals surface area contributed by atoms with Crippen LogP contribution in [0.1, 0.15) is 27.2 Å². The molecule has 5 heteroatoms. The molecule has 1 heterocycles. The molecule has 0 fully saturated rings. The van der Waals surface area contributed by atoms with Crippen LogP contribution in [0.3, 0.4) is 0 Å². The average Bonchev–Trinajstić information content (AvgIpc) is 2.90. The molecule has 0 spiro atoms. The Morgan fingerprint density at radius 1 is 1.12 bits per heavy atom. The van der Waals surface area contributed by atoms with Gasteiger partial charge in [0.15, 0.2) is 5.76 Å². The summed E-state index contributed by atoms with van der Waals surface area (Å²) in [6.07, 6.45) is 0. The lowest BCUT2D eigenvalue weighted by Crippen LogP contribution is -2.23. The minimum atomic E-state index is -0.192. The highest BCUT2D eigenvalue weighted by molar-refractivity contribution is 9.10. The average molecular weight is 401 g/mol. The molecular weight excluding hydrogens is 380 g/mol. The number of benzene rings is 2. The number of carbonyl (C=O) groups excluding carboxylic acids is 1. The predicted molar refractivity (Wildman–Crippen MR) is 104 cm³/mol. The first-order valence-electron chi connectivity index (χ1n) is 8.13. The second-order valence-electron chi connectivity index (χ2n) is 6.43. The van der Waals surface area contributed by atoms with E-state index < -0.39 is 0 Å². The van der Waals surface area contributed by atoms with Crippen LogP contribution >= 0.6 is 15.9 Å². The molecule has 1 aromatic heterocycles. The molecule has 1 amide bonds. The van der Waals surface area contributed by atoms with Gasteiger partial charge in [0.1, 0.15) is 5.58 Å². The molecule has 3 aromatic rings. The Kier molecular flexibility index (Phi) is 5.25. The van der Waals surface area contributed by atoms with Gasteiger partial charge < -0.3 is 14.6 Å². The van der Waals surface area contributed by atoms with Crippen molar-refractivity contribution in [2.75, 3.05) is 14.1 Å². The predicted octanol–water partition coefficient (Wildman–Crippen LogP) is 4.50. The fraction of sp³-hybridized carbons (Fsp3) is 0.250. The number of carbonyl (C=O) groups is 1. The molecule has 0 bridgehead atoms. The van der Waals surface area contributed by atoms with Crippen molar-refractivity contribution in [3.63, 3.8) is 0 Å². The molecule has 1 N–H and O–H groups in total. The summed E-state index contributed by atoms with van der Waals surface area (Å²) in [6.45, 7) is 3.28. The van der Waals surface area contributed by atoms with Crippen molar-refractivity contribution in [3.05, 3.63) is 69.4 Å². The van der Waals surface area contributed by atoms with Crippen LogP contribution < -0.4 is 5.32 Å². The Bertz CT molecular complexity index is 898. The van der Waals surface area contributed by atoms with Crippen molar-refractivity contribution in [2.45, 2.75) is 20.0 Å². The first-order valence-corrected chi connectivity index (χ1v) is 8.93. The molecule has 3 rings (SSSR count). The fourth-order valence-electron chi connectivity index (χ4n) is 2.80. The van der Waals surface area contributed by atoms with E-state index in [9.17, 15) is 4.79 Å². The molecule has 0 atom stereocenters. The summed E-state index contributed by atoms with van der Waals surface area (Å²) < 4.78 is 6.69. The van der Waals surface area contributed by atoms with Gasteiger partial charge in [-0.05, 0) is 50.3 Å². The molecule has 25 heavy (non-hydrogen) atoms. The largest absolute Gasteiger partial charge is 0.451 e. The summed E-state index contributed by atoms with van der Waals surface area (Å²) in [5.74, 6) is 0.180. The highest BCUT2D eigenvalue weighted by Gasteiger charge is 2.17. The fourth-order valence-corrected chi connectivity index (χ4v) is 3.16. The zero-order valence-corrected chi connectivity index (χ0v) is 16.2. The molecule has 0 unspecified atom stereocenters. The summed E-state index contributed by atoms with van der Waals surface area (Å²) in [7, 11) is 4.09. The number of rotatable bonds is 5. The lowest BCUT2D eigenvalue weighted by molar-refractivity contribution is 0.0924. The van der Waals surface area contributed by atoms with Crippen molar-refractivity contribution in [1.29, 1.82) is 0 Å². The first-order chi connectivity index (χ1) is 11.9. The highest BCUT2D eigenvalue weighted by Crippen LogP contribution is 2.28. The van der Waals surface area contributed by atoms with Crippen LogP contribution in [-0.2, 0) is 13.1 Å². The van der Waals surface area contributed by atoms with Gasteiger partial charge in [-0.3, -0.25) is 4.79 Å². The molecule has 0 aliphatic heterocycles. The number of furan rings is 1. The third-order valence-electron chi connectivity index (χ3n) is 4.08. The number of halogens is 1. The maximum Gasteiger partial charge on any atom is 0.287 e. The molecule has 0 saturated carbocycles. The van der Waals surface area contributed by atoms with Gasteiger partial charge >= 0.3 is 0 Å². The Balaban J connectivity index is 1.69. The van der Waals surface area contributed by atoms with Crippen molar-refractivity contribution in [1.82, 2.24) is 10.2 Å². The topological polar surface area (TPSA) is 45.5 Å². The smallest absolute Gasteiger partial charge is 0.287 e. The summed E-state index contributed by atoms with van der Waals surface area (Å²) >= 11 is 3.45. The molecule has 4 nitrogen and oxygen atoms in total. The highest BCUT2D eigenvalue weighted by atomic mass is 79.9. The van der Waals surface area contributed by atoms with Gasteiger partial charge in [0.05, 0.1) is 0 Å². The van der Waals surface area contributed by atoms with E-state index in [1.807, 2.05) is 51.4 Å². The molecular formula is C20H21BrN2O2. The lowest BCUT2D eigenvalue weighted by atomic mass is 10.1. The van der Waals surface area contributed by atoms with Gasteiger partial charge in [-0.15, -0.1) is 0 Å². The van der Waals surface area contributed by atoms with E-state index in [1.54, 1.807) is 0 Å². The Hall–Kier alpha value is -2.11. The number of nitrogens with zero attached hydrogens (tertiary/aromatic N) is 1. The Labute approximate surface area is 155 Å². The van der Waals surface area contributed by atoms with Gasteiger partial charge in [0, 0.05) is 28.5 Å². The lowest BCUT2D eigenvalue weighted by Gasteiger charge is -2.10. The third-order valence-corrected chi connectivity index (χ3v) is 4.57. The second-order valence-corrected chi connectivity index (χ2v) is 7.35. The van der Waals surface area contributed by atoms with E-state index >= 15 is 0 Å². The van der Waals surface area contributed by atoms with E-state index in [0.29, 0.717) is 12.3 Å². The van der Waals surface area contributed by atoms with Gasteiger partial charge in [-0.25, -0.2) is 0 Å². The van der Waals surface area contributed by atoms with Crippen LogP contribution in [0, 0.1) is 6.92 Å². The van der Waals surface area contributed by atoms with E-state index in [2.05, 4.69) is 38.3 Å². The van der Waals surface area contributed by atoms with Crippen molar-refractivity contribution >= 4 is 32.8 Å². The zero-order chi connectivity index (χ0) is 18.0. The summed E-state index contributed by atoms with van der Waals surface area (Å²) in [4.78, 5) is 14.6. The molecule has 0 aliphatic carbocycles. The first kappa shape index (κ1) is 17.7. The van der Waals surface area contributed by atoms with E-state index in [1.165, 1.54) is 5.56 Å². The molecule has 130 valence electrons. The van der Waals surface area contributed by atoms with Crippen molar-refractivity contribution in [2.24, 2.45) is 0 Å². The molecule has 2 aromatic carbocycles. The minimum Gasteiger partial charge on any atom is -0.451 e. The number of nitrogens with one attached hydrogen (secondary N) is 1. The number of amides is 1. The number of hydrogen-bond acceptors (Lipinski definition) is 3. The van der Waals surface area contributed by atoms with Crippen LogP contribution in [0.15, 0.2) is 51.4 Å². The normalized spacial score (nSPS) is 11.2. The van der Waals surface area contributed by atoms with Gasteiger partial charge in [-0.2, -0.15) is 0 Å². The SMILES string of the molecule is Cc1c(C(=O)NCc2ccc(CN(C)C)cc2)oc2ccc(Br)cc12. The third kappa shape index (κ3) is 4.11. The molecule has 0 radical (unpaired) electrons. The maximum absolute atomic E-state index is 12.5. The summed E-state index contributed by atoms with van der Waals surface area (Å²) in [5, 5.41) is 3.89. The van der Waals surface area contributed by atoms with Crippen molar-refractivity contribution < 1.29 is 9.21 Å². The number of aryl methyl sites for hydroxylation is 1. The standard InChI is InChI=1S/C20H21BrN2O2/c1-13-17-10-16(21)8-9-18(17)25-19(13)20(24)22-11-14-4-6-15(7-5-14)12-23(2)3/h4-10H,11-12H2,1-3H3,(H,22,24). The van der Waals surface area contributed by atoms with Crippen LogP contribution in [0.5, 0.6) is 0 Å². The van der Waals surface area contributed by atoms with Gasteiger partial charge in [-0.1, -0.05) is 40.2 Å². The van der Waals surface area contributed by atoms with Crippen LogP contribution in [0.4, 0.5) is 0 Å². The Morgan fingerprint density at radius 3 is 2.48 bits per heavy atom. The van der Waals surface area contributed by atoms with Crippen molar-refractivity contribution in [3.8, 4) is 0 Å². The summed E-state index contributed by atoms with van der Waals surface area (Å²) in [5.41, 5.74) is 3.89. The number of hydrogen-bond donors (Lipinski definition) is 1. The molecule has 0 saturated heterocycles. The van der Waals surface area contributed by atoms with Crippen LogP contribution in [-0.4, -0.2) is 24.9 Å². The molecule has 0 aliphatic rings. The van der Waals surface area contributed by atoms with Crippen LogP contribution in [0.25, 0.3) is 11.0 Å². The van der Waals surface area contributed by atoms with E-state index in [4.69, 9.17) is 4.42 Å².